The summed E-state index contributed by atoms with van der Waals surface area (Å²) in [5.41, 5.74) is 8.55. The molecule has 178 valence electrons. The molecule has 0 aromatic carbocycles. The molecular formula is C22H35FN5O2PS. The molecule has 2 heterocycles. The van der Waals surface area contributed by atoms with Gasteiger partial charge in [-0.05, 0) is 55.9 Å². The third-order valence-electron chi connectivity index (χ3n) is 5.97. The van der Waals surface area contributed by atoms with Crippen LogP contribution in [0.25, 0.3) is 5.70 Å². The predicted octanol–water partition coefficient (Wildman–Crippen LogP) is 4.50. The molecule has 0 bridgehead atoms. The first-order valence-corrected chi connectivity index (χ1v) is 13.8. The van der Waals surface area contributed by atoms with Crippen LogP contribution in [-0.2, 0) is 22.8 Å². The van der Waals surface area contributed by atoms with Gasteiger partial charge in [0.2, 0.25) is 0 Å². The van der Waals surface area contributed by atoms with E-state index >= 15 is 4.39 Å². The molecule has 1 aliphatic rings. The summed E-state index contributed by atoms with van der Waals surface area (Å²) in [6, 6.07) is 1.52. The van der Waals surface area contributed by atoms with Crippen LogP contribution in [-0.4, -0.2) is 53.2 Å². The molecule has 0 saturated carbocycles. The molecule has 1 aliphatic heterocycles. The number of nitrogens with two attached hydrogens (primary N) is 1. The summed E-state index contributed by atoms with van der Waals surface area (Å²) in [4.78, 5) is 16.7. The fourth-order valence-corrected chi connectivity index (χ4v) is 5.78. The van der Waals surface area contributed by atoms with Gasteiger partial charge in [-0.2, -0.15) is 5.26 Å². The van der Waals surface area contributed by atoms with Crippen molar-refractivity contribution in [1.82, 2.24) is 9.47 Å². The topological polar surface area (TPSA) is 99.8 Å². The van der Waals surface area contributed by atoms with Crippen molar-refractivity contribution in [1.29, 1.82) is 5.26 Å². The molecule has 1 aromatic heterocycles. The van der Waals surface area contributed by atoms with Gasteiger partial charge < -0.3 is 24.6 Å². The van der Waals surface area contributed by atoms with Gasteiger partial charge in [0.15, 0.2) is 6.49 Å². The second-order valence-corrected chi connectivity index (χ2v) is 12.2. The van der Waals surface area contributed by atoms with Gasteiger partial charge in [-0.25, -0.2) is 9.38 Å². The van der Waals surface area contributed by atoms with Gasteiger partial charge in [0.05, 0.1) is 31.5 Å². The number of aromatic nitrogens is 1. The first-order valence-electron chi connectivity index (χ1n) is 11.0. The summed E-state index contributed by atoms with van der Waals surface area (Å²) in [6.07, 6.45) is 5.37. The lowest BCUT2D eigenvalue weighted by molar-refractivity contribution is 0.202. The highest BCUT2D eigenvalue weighted by Crippen LogP contribution is 2.44. The van der Waals surface area contributed by atoms with Gasteiger partial charge in [0.1, 0.15) is 12.0 Å². The van der Waals surface area contributed by atoms with E-state index in [1.165, 1.54) is 6.34 Å². The van der Waals surface area contributed by atoms with E-state index in [0.717, 1.165) is 36.2 Å². The SMILES string of the molecule is C=C1c2c(cn([C@H](C)[C@H](F)C[C@H](C)CCP(O)(=S)OCCC#N)c2/N=C\N)CCCN1C. The quantitative estimate of drug-likeness (QED) is 0.208. The molecule has 2 rings (SSSR count). The lowest BCUT2D eigenvalue weighted by Crippen LogP contribution is -2.21. The van der Waals surface area contributed by atoms with E-state index in [2.05, 4.69) is 16.5 Å². The first kappa shape index (κ1) is 26.5. The number of aliphatic imine (C=N–C) groups is 1. The average Bonchev–Trinajstić information content (AvgIpc) is 3.02. The second kappa shape index (κ2) is 11.9. The van der Waals surface area contributed by atoms with E-state index in [1.54, 1.807) is 0 Å². The first-order chi connectivity index (χ1) is 15.1. The highest BCUT2D eigenvalue weighted by atomic mass is 32.5. The number of hydrogen-bond acceptors (Lipinski definition) is 5. The Labute approximate surface area is 195 Å². The number of nitriles is 1. The Morgan fingerprint density at radius 3 is 2.91 bits per heavy atom. The van der Waals surface area contributed by atoms with Crippen molar-refractivity contribution >= 4 is 36.2 Å². The minimum Gasteiger partial charge on any atom is -0.390 e. The molecule has 10 heteroatoms. The third kappa shape index (κ3) is 6.89. The monoisotopic (exact) mass is 483 g/mol. The van der Waals surface area contributed by atoms with Crippen molar-refractivity contribution in [2.24, 2.45) is 16.6 Å². The van der Waals surface area contributed by atoms with Gasteiger partial charge >= 0.3 is 0 Å². The summed E-state index contributed by atoms with van der Waals surface area (Å²) in [7, 11) is 2.00. The van der Waals surface area contributed by atoms with E-state index in [4.69, 9.17) is 27.3 Å². The Morgan fingerprint density at radius 1 is 1.53 bits per heavy atom. The summed E-state index contributed by atoms with van der Waals surface area (Å²) in [5, 5.41) is 8.57. The Hall–Kier alpha value is -1.72. The van der Waals surface area contributed by atoms with E-state index in [-0.39, 0.29) is 18.9 Å². The summed E-state index contributed by atoms with van der Waals surface area (Å²) in [5.74, 6) is 0.651. The van der Waals surface area contributed by atoms with Gasteiger partial charge in [0.25, 0.3) is 0 Å². The maximum absolute atomic E-state index is 15.4. The standard InChI is InChI=1S/C22H35FN5O2PS/c1-16(8-12-31(29,32)30-11-6-9-24)13-20(23)17(2)28-14-19-7-5-10-27(4)18(3)21(19)22(28)26-15-25/h14-17,20H,3,5-8,10-13H2,1-2,4H3,(H2,25,26)(H,29,32)/t16-,17-,20-,31?/m1/s1. The van der Waals surface area contributed by atoms with Crippen LogP contribution in [0.4, 0.5) is 10.2 Å². The van der Waals surface area contributed by atoms with Crippen LogP contribution in [0.1, 0.15) is 56.7 Å². The highest BCUT2D eigenvalue weighted by molar-refractivity contribution is 8.09. The van der Waals surface area contributed by atoms with Crippen LogP contribution in [0.15, 0.2) is 17.8 Å². The molecule has 32 heavy (non-hydrogen) atoms. The number of hydrogen-bond donors (Lipinski definition) is 2. The lowest BCUT2D eigenvalue weighted by atomic mass is 9.98. The van der Waals surface area contributed by atoms with E-state index in [1.807, 2.05) is 37.7 Å². The Bertz CT molecular complexity index is 913. The third-order valence-corrected chi connectivity index (χ3v) is 8.24. The van der Waals surface area contributed by atoms with Gasteiger partial charge in [-0.1, -0.05) is 13.5 Å². The second-order valence-electron chi connectivity index (χ2n) is 8.50. The van der Waals surface area contributed by atoms with Crippen LogP contribution >= 0.6 is 6.49 Å². The van der Waals surface area contributed by atoms with Crippen LogP contribution in [0.2, 0.25) is 0 Å². The Morgan fingerprint density at radius 2 is 2.25 bits per heavy atom. The van der Waals surface area contributed by atoms with Crippen molar-refractivity contribution in [2.75, 3.05) is 26.4 Å². The van der Waals surface area contributed by atoms with E-state index in [9.17, 15) is 4.89 Å². The van der Waals surface area contributed by atoms with Crippen molar-refractivity contribution in [3.05, 3.63) is 23.9 Å². The lowest BCUT2D eigenvalue weighted by Gasteiger charge is -2.25. The number of alkyl halides is 1. The number of aryl methyl sites for hydroxylation is 1. The van der Waals surface area contributed by atoms with Crippen molar-refractivity contribution < 1.29 is 13.8 Å². The van der Waals surface area contributed by atoms with Crippen LogP contribution in [0, 0.1) is 17.2 Å². The Kier molecular flexibility index (Phi) is 9.90. The number of rotatable bonds is 11. The molecule has 0 amide bonds. The molecule has 0 spiro atoms. The fraction of sp³-hybridized carbons (Fsp3) is 0.636. The molecule has 1 unspecified atom stereocenters. The zero-order valence-corrected chi connectivity index (χ0v) is 20.9. The Balaban J connectivity index is 2.09. The van der Waals surface area contributed by atoms with Crippen LogP contribution < -0.4 is 5.73 Å². The summed E-state index contributed by atoms with van der Waals surface area (Å²) < 4.78 is 22.5. The maximum atomic E-state index is 15.4. The molecule has 7 nitrogen and oxygen atoms in total. The molecule has 0 fully saturated rings. The normalized spacial score (nSPS) is 19.1. The minimum atomic E-state index is -2.93. The fourth-order valence-electron chi connectivity index (χ4n) is 3.97. The van der Waals surface area contributed by atoms with Crippen molar-refractivity contribution in [3.63, 3.8) is 0 Å². The van der Waals surface area contributed by atoms with E-state index in [0.29, 0.717) is 24.8 Å². The number of nitrogens with zero attached hydrogens (tertiary/aromatic N) is 4. The van der Waals surface area contributed by atoms with Crippen molar-refractivity contribution in [3.8, 4) is 6.07 Å². The van der Waals surface area contributed by atoms with Crippen LogP contribution in [0.3, 0.4) is 0 Å². The largest absolute Gasteiger partial charge is 0.390 e. The summed E-state index contributed by atoms with van der Waals surface area (Å²) in [6.45, 7) is 6.13. The zero-order chi connectivity index (χ0) is 23.9. The van der Waals surface area contributed by atoms with Gasteiger partial charge in [-0.15, -0.1) is 0 Å². The molecule has 0 saturated heterocycles. The molecule has 0 radical (unpaired) electrons. The molecule has 3 N–H and O–H groups in total. The molecule has 1 aromatic rings. The molecule has 4 atom stereocenters. The van der Waals surface area contributed by atoms with E-state index < -0.39 is 18.7 Å². The molecule has 0 aliphatic carbocycles. The minimum absolute atomic E-state index is 0.0115. The smallest absolute Gasteiger partial charge is 0.186 e. The van der Waals surface area contributed by atoms with Crippen LogP contribution in [0.5, 0.6) is 0 Å². The number of fused-ring (bicyclic) bond motifs is 1. The molecular weight excluding hydrogens is 448 g/mol. The van der Waals surface area contributed by atoms with Crippen molar-refractivity contribution in [2.45, 2.75) is 58.2 Å². The maximum Gasteiger partial charge on any atom is 0.186 e. The zero-order valence-electron chi connectivity index (χ0n) is 19.2. The predicted molar refractivity (Wildman–Crippen MR) is 132 cm³/mol. The highest BCUT2D eigenvalue weighted by Gasteiger charge is 2.28. The number of halogens is 1. The summed E-state index contributed by atoms with van der Waals surface area (Å²) >= 11 is 5.14. The van der Waals surface area contributed by atoms with Gasteiger partial charge in [-0.3, -0.25) is 0 Å². The average molecular weight is 484 g/mol. The van der Waals surface area contributed by atoms with Gasteiger partial charge in [0, 0.05) is 37.2 Å².